The second kappa shape index (κ2) is 7.33. The van der Waals surface area contributed by atoms with Crippen LogP contribution in [0.5, 0.6) is 0 Å². The van der Waals surface area contributed by atoms with Crippen molar-refractivity contribution >= 4 is 6.09 Å². The van der Waals surface area contributed by atoms with E-state index in [0.717, 1.165) is 32.4 Å². The van der Waals surface area contributed by atoms with Crippen LogP contribution < -0.4 is 0 Å². The Hall–Kier alpha value is -1.58. The number of hydrogen-bond acceptors (Lipinski definition) is 3. The normalized spacial score (nSPS) is 17.9. The maximum absolute atomic E-state index is 12.1. The molecule has 0 aliphatic carbocycles. The Morgan fingerprint density at radius 2 is 2.04 bits per heavy atom. The number of piperidine rings is 1. The van der Waals surface area contributed by atoms with Gasteiger partial charge < -0.3 is 9.64 Å². The van der Waals surface area contributed by atoms with Crippen LogP contribution in [0, 0.1) is 0 Å². The molecular formula is C19H30N2O2. The molecule has 0 aromatic carbocycles. The summed E-state index contributed by atoms with van der Waals surface area (Å²) in [5.74, 6) is 1.01. The zero-order valence-electron chi connectivity index (χ0n) is 15.1. The lowest BCUT2D eigenvalue weighted by atomic mass is 9.88. The highest BCUT2D eigenvalue weighted by Crippen LogP contribution is 2.30. The molecule has 1 saturated heterocycles. The van der Waals surface area contributed by atoms with Crippen LogP contribution >= 0.6 is 0 Å². The molecule has 1 aromatic heterocycles. The summed E-state index contributed by atoms with van der Waals surface area (Å²) in [5, 5.41) is 0. The molecule has 128 valence electrons. The molecule has 23 heavy (non-hydrogen) atoms. The number of rotatable bonds is 3. The molecule has 1 aliphatic heterocycles. The number of carbonyl (C=O) groups excluding carboxylic acids is 1. The Morgan fingerprint density at radius 3 is 2.61 bits per heavy atom. The summed E-state index contributed by atoms with van der Waals surface area (Å²) >= 11 is 0. The van der Waals surface area contributed by atoms with E-state index in [0.29, 0.717) is 11.8 Å². The molecule has 4 nitrogen and oxygen atoms in total. The summed E-state index contributed by atoms with van der Waals surface area (Å²) in [5.41, 5.74) is 2.11. The predicted molar refractivity (Wildman–Crippen MR) is 92.7 cm³/mol. The maximum Gasteiger partial charge on any atom is 0.410 e. The van der Waals surface area contributed by atoms with Crippen molar-refractivity contribution in [1.29, 1.82) is 0 Å². The van der Waals surface area contributed by atoms with Crippen LogP contribution in [0.1, 0.15) is 77.0 Å². The van der Waals surface area contributed by atoms with Crippen LogP contribution in [0.4, 0.5) is 4.79 Å². The molecular weight excluding hydrogens is 288 g/mol. The lowest BCUT2D eigenvalue weighted by molar-refractivity contribution is 0.0205. The van der Waals surface area contributed by atoms with Crippen LogP contribution in [0.15, 0.2) is 18.3 Å². The van der Waals surface area contributed by atoms with Gasteiger partial charge in [-0.1, -0.05) is 13.8 Å². The topological polar surface area (TPSA) is 42.4 Å². The number of ether oxygens (including phenoxy) is 1. The van der Waals surface area contributed by atoms with E-state index >= 15 is 0 Å². The van der Waals surface area contributed by atoms with Gasteiger partial charge in [0.25, 0.3) is 0 Å². The quantitative estimate of drug-likeness (QED) is 0.810. The van der Waals surface area contributed by atoms with Crippen molar-refractivity contribution in [2.45, 2.75) is 71.3 Å². The molecule has 1 atom stereocenters. The number of aromatic nitrogens is 1. The van der Waals surface area contributed by atoms with Crippen molar-refractivity contribution in [3.63, 3.8) is 0 Å². The largest absolute Gasteiger partial charge is 0.444 e. The molecule has 2 rings (SSSR count). The van der Waals surface area contributed by atoms with Gasteiger partial charge in [0, 0.05) is 25.0 Å². The first-order valence-corrected chi connectivity index (χ1v) is 8.74. The second-order valence-corrected chi connectivity index (χ2v) is 7.57. The van der Waals surface area contributed by atoms with Gasteiger partial charge in [0.1, 0.15) is 5.60 Å². The molecule has 4 heteroatoms. The molecule has 0 bridgehead atoms. The summed E-state index contributed by atoms with van der Waals surface area (Å²) in [6.45, 7) is 11.7. The summed E-state index contributed by atoms with van der Waals surface area (Å²) in [6, 6.07) is 4.38. The smallest absolute Gasteiger partial charge is 0.410 e. The van der Waals surface area contributed by atoms with E-state index < -0.39 is 5.60 Å². The molecule has 0 saturated carbocycles. The van der Waals surface area contributed by atoms with Crippen LogP contribution in [-0.4, -0.2) is 34.7 Å². The minimum atomic E-state index is -0.426. The zero-order valence-corrected chi connectivity index (χ0v) is 15.1. The average molecular weight is 318 g/mol. The third-order valence-corrected chi connectivity index (χ3v) is 4.54. The SMILES string of the molecule is CCC(C)c1cc(C2CCN(C(=O)OC(C)(C)C)CC2)ccn1. The van der Waals surface area contributed by atoms with E-state index in [1.165, 1.54) is 11.3 Å². The number of hydrogen-bond donors (Lipinski definition) is 0. The fourth-order valence-electron chi connectivity index (χ4n) is 2.92. The first-order valence-electron chi connectivity index (χ1n) is 8.74. The molecule has 0 spiro atoms. The summed E-state index contributed by atoms with van der Waals surface area (Å²) in [7, 11) is 0. The summed E-state index contributed by atoms with van der Waals surface area (Å²) in [6.07, 6.45) is 4.82. The van der Waals surface area contributed by atoms with Gasteiger partial charge >= 0.3 is 6.09 Å². The third-order valence-electron chi connectivity index (χ3n) is 4.54. The molecule has 0 radical (unpaired) electrons. The molecule has 1 aromatic rings. The minimum Gasteiger partial charge on any atom is -0.444 e. The van der Waals surface area contributed by atoms with Gasteiger partial charge in [0.2, 0.25) is 0 Å². The average Bonchev–Trinajstić information content (AvgIpc) is 2.53. The van der Waals surface area contributed by atoms with Crippen molar-refractivity contribution in [2.24, 2.45) is 0 Å². The van der Waals surface area contributed by atoms with E-state index in [1.54, 1.807) is 0 Å². The predicted octanol–water partition coefficient (Wildman–Crippen LogP) is 4.71. The Labute approximate surface area is 140 Å². The molecule has 1 unspecified atom stereocenters. The third kappa shape index (κ3) is 4.95. The van der Waals surface area contributed by atoms with Crippen molar-refractivity contribution in [3.05, 3.63) is 29.6 Å². The minimum absolute atomic E-state index is 0.189. The van der Waals surface area contributed by atoms with E-state index in [1.807, 2.05) is 31.9 Å². The van der Waals surface area contributed by atoms with Gasteiger partial charge in [-0.2, -0.15) is 0 Å². The monoisotopic (exact) mass is 318 g/mol. The van der Waals surface area contributed by atoms with Crippen molar-refractivity contribution in [2.75, 3.05) is 13.1 Å². The fraction of sp³-hybridized carbons (Fsp3) is 0.684. The van der Waals surface area contributed by atoms with Crippen LogP contribution in [-0.2, 0) is 4.74 Å². The first-order chi connectivity index (χ1) is 10.8. The van der Waals surface area contributed by atoms with Gasteiger partial charge in [-0.25, -0.2) is 4.79 Å². The lowest BCUT2D eigenvalue weighted by Crippen LogP contribution is -2.41. The van der Waals surface area contributed by atoms with E-state index in [2.05, 4.69) is 31.0 Å². The van der Waals surface area contributed by atoms with E-state index in [9.17, 15) is 4.79 Å². The number of amides is 1. The van der Waals surface area contributed by atoms with Crippen LogP contribution in [0.3, 0.4) is 0 Å². The van der Waals surface area contributed by atoms with Crippen molar-refractivity contribution in [1.82, 2.24) is 9.88 Å². The van der Waals surface area contributed by atoms with Gasteiger partial charge in [0.15, 0.2) is 0 Å². The zero-order chi connectivity index (χ0) is 17.0. The summed E-state index contributed by atoms with van der Waals surface area (Å²) in [4.78, 5) is 18.5. The number of likely N-dealkylation sites (tertiary alicyclic amines) is 1. The highest BCUT2D eigenvalue weighted by molar-refractivity contribution is 5.68. The van der Waals surface area contributed by atoms with Crippen molar-refractivity contribution < 1.29 is 9.53 Å². The molecule has 1 amide bonds. The highest BCUT2D eigenvalue weighted by Gasteiger charge is 2.27. The maximum atomic E-state index is 12.1. The van der Waals surface area contributed by atoms with Crippen molar-refractivity contribution in [3.8, 4) is 0 Å². The van der Waals surface area contributed by atoms with E-state index in [-0.39, 0.29) is 6.09 Å². The van der Waals surface area contributed by atoms with Gasteiger partial charge in [-0.05, 0) is 69.6 Å². The van der Waals surface area contributed by atoms with E-state index in [4.69, 9.17) is 4.74 Å². The fourth-order valence-corrected chi connectivity index (χ4v) is 2.92. The van der Waals surface area contributed by atoms with Crippen LogP contribution in [0.25, 0.3) is 0 Å². The number of nitrogens with zero attached hydrogens (tertiary/aromatic N) is 2. The Kier molecular flexibility index (Phi) is 5.66. The number of pyridine rings is 1. The molecule has 1 fully saturated rings. The van der Waals surface area contributed by atoms with Gasteiger partial charge in [-0.15, -0.1) is 0 Å². The molecule has 2 heterocycles. The standard InChI is InChI=1S/C19H30N2O2/c1-6-14(2)17-13-16(7-10-20-17)15-8-11-21(12-9-15)18(22)23-19(3,4)5/h7,10,13-15H,6,8-9,11-12H2,1-5H3. The Bertz CT molecular complexity index is 528. The highest BCUT2D eigenvalue weighted by atomic mass is 16.6. The second-order valence-electron chi connectivity index (χ2n) is 7.57. The molecule has 1 aliphatic rings. The Balaban J connectivity index is 1.95. The lowest BCUT2D eigenvalue weighted by Gasteiger charge is -2.33. The summed E-state index contributed by atoms with van der Waals surface area (Å²) < 4.78 is 5.46. The van der Waals surface area contributed by atoms with Gasteiger partial charge in [-0.3, -0.25) is 4.98 Å². The molecule has 0 N–H and O–H groups in total. The number of carbonyl (C=O) groups is 1. The Morgan fingerprint density at radius 1 is 1.39 bits per heavy atom. The van der Waals surface area contributed by atoms with Crippen LogP contribution in [0.2, 0.25) is 0 Å². The van der Waals surface area contributed by atoms with Gasteiger partial charge in [0.05, 0.1) is 0 Å². The first kappa shape index (κ1) is 17.8.